The minimum atomic E-state index is -0.549. The SMILES string of the molecule is COc1ccccc1Oc1ccc(NC(=O)[C@H]2CCN[C@@H](C)C2)cc1F.Cl. The van der Waals surface area contributed by atoms with Crippen LogP contribution in [0.15, 0.2) is 42.5 Å². The second-order valence-corrected chi connectivity index (χ2v) is 6.46. The van der Waals surface area contributed by atoms with E-state index in [4.69, 9.17) is 9.47 Å². The molecular weight excluding hydrogens is 371 g/mol. The highest BCUT2D eigenvalue weighted by atomic mass is 35.5. The number of rotatable bonds is 5. The van der Waals surface area contributed by atoms with Gasteiger partial charge in [-0.05, 0) is 50.6 Å². The quantitative estimate of drug-likeness (QED) is 0.790. The average molecular weight is 395 g/mol. The number of amides is 1. The van der Waals surface area contributed by atoms with Crippen molar-refractivity contribution in [3.8, 4) is 17.2 Å². The van der Waals surface area contributed by atoms with Crippen molar-refractivity contribution in [2.45, 2.75) is 25.8 Å². The molecule has 0 unspecified atom stereocenters. The summed E-state index contributed by atoms with van der Waals surface area (Å²) in [5.74, 6) is 0.337. The summed E-state index contributed by atoms with van der Waals surface area (Å²) in [6, 6.07) is 11.7. The molecular formula is C20H24ClFN2O3. The molecule has 0 saturated carbocycles. The van der Waals surface area contributed by atoms with E-state index in [-0.39, 0.29) is 30.0 Å². The zero-order valence-corrected chi connectivity index (χ0v) is 16.1. The van der Waals surface area contributed by atoms with Crippen molar-refractivity contribution in [2.24, 2.45) is 5.92 Å². The van der Waals surface area contributed by atoms with Crippen molar-refractivity contribution < 1.29 is 18.7 Å². The Morgan fingerprint density at radius 3 is 2.59 bits per heavy atom. The standard InChI is InChI=1S/C20H23FN2O3.ClH/c1-13-11-14(9-10-22-13)20(24)23-15-7-8-17(16(21)12-15)26-19-6-4-3-5-18(19)25-2;/h3-8,12-14,22H,9-11H2,1-2H3,(H,23,24);1H/t13-,14-;/m0./s1. The predicted octanol–water partition coefficient (Wildman–Crippen LogP) is 4.38. The molecule has 2 atom stereocenters. The minimum Gasteiger partial charge on any atom is -0.493 e. The van der Waals surface area contributed by atoms with E-state index in [2.05, 4.69) is 17.6 Å². The molecule has 146 valence electrons. The third kappa shape index (κ3) is 5.34. The van der Waals surface area contributed by atoms with Crippen LogP contribution < -0.4 is 20.1 Å². The molecule has 27 heavy (non-hydrogen) atoms. The van der Waals surface area contributed by atoms with E-state index in [0.717, 1.165) is 19.4 Å². The van der Waals surface area contributed by atoms with Gasteiger partial charge >= 0.3 is 0 Å². The fraction of sp³-hybridized carbons (Fsp3) is 0.350. The lowest BCUT2D eigenvalue weighted by Gasteiger charge is -2.27. The van der Waals surface area contributed by atoms with Crippen LogP contribution in [0.25, 0.3) is 0 Å². The Balaban J connectivity index is 0.00000261. The van der Waals surface area contributed by atoms with E-state index >= 15 is 0 Å². The molecule has 1 heterocycles. The highest BCUT2D eigenvalue weighted by Gasteiger charge is 2.24. The minimum absolute atomic E-state index is 0. The number of piperidine rings is 1. The molecule has 7 heteroatoms. The van der Waals surface area contributed by atoms with Gasteiger partial charge < -0.3 is 20.1 Å². The number of hydrogen-bond acceptors (Lipinski definition) is 4. The van der Waals surface area contributed by atoms with E-state index in [0.29, 0.717) is 23.2 Å². The van der Waals surface area contributed by atoms with Crippen LogP contribution >= 0.6 is 12.4 Å². The van der Waals surface area contributed by atoms with Gasteiger partial charge in [-0.1, -0.05) is 12.1 Å². The van der Waals surface area contributed by atoms with Gasteiger partial charge in [-0.25, -0.2) is 4.39 Å². The van der Waals surface area contributed by atoms with Crippen LogP contribution in [0.2, 0.25) is 0 Å². The number of anilines is 1. The second-order valence-electron chi connectivity index (χ2n) is 6.46. The van der Waals surface area contributed by atoms with Crippen molar-refractivity contribution in [1.82, 2.24) is 5.32 Å². The first-order valence-electron chi connectivity index (χ1n) is 8.71. The third-order valence-electron chi connectivity index (χ3n) is 4.48. The molecule has 2 aromatic carbocycles. The smallest absolute Gasteiger partial charge is 0.227 e. The zero-order chi connectivity index (χ0) is 18.5. The van der Waals surface area contributed by atoms with Gasteiger partial charge in [-0.2, -0.15) is 0 Å². The normalized spacial score (nSPS) is 18.9. The first-order valence-corrected chi connectivity index (χ1v) is 8.71. The summed E-state index contributed by atoms with van der Waals surface area (Å²) in [6.45, 7) is 2.88. The highest BCUT2D eigenvalue weighted by Crippen LogP contribution is 2.33. The number of ether oxygens (including phenoxy) is 2. The fourth-order valence-electron chi connectivity index (χ4n) is 3.10. The molecule has 2 N–H and O–H groups in total. The maximum Gasteiger partial charge on any atom is 0.227 e. The summed E-state index contributed by atoms with van der Waals surface area (Å²) in [5.41, 5.74) is 0.422. The van der Waals surface area contributed by atoms with Crippen LogP contribution in [-0.4, -0.2) is 25.6 Å². The molecule has 5 nitrogen and oxygen atoms in total. The summed E-state index contributed by atoms with van der Waals surface area (Å²) >= 11 is 0. The maximum atomic E-state index is 14.4. The molecule has 3 rings (SSSR count). The molecule has 2 aromatic rings. The number of nitrogens with one attached hydrogen (secondary N) is 2. The van der Waals surface area contributed by atoms with E-state index < -0.39 is 5.82 Å². The highest BCUT2D eigenvalue weighted by molar-refractivity contribution is 5.92. The van der Waals surface area contributed by atoms with Crippen molar-refractivity contribution in [1.29, 1.82) is 0 Å². The number of carbonyl (C=O) groups is 1. The van der Waals surface area contributed by atoms with Crippen molar-refractivity contribution in [3.63, 3.8) is 0 Å². The zero-order valence-electron chi connectivity index (χ0n) is 15.3. The van der Waals surface area contributed by atoms with E-state index in [9.17, 15) is 9.18 Å². The molecule has 0 bridgehead atoms. The first-order chi connectivity index (χ1) is 12.6. The molecule has 1 aliphatic rings. The van der Waals surface area contributed by atoms with Gasteiger partial charge in [0.15, 0.2) is 23.1 Å². The average Bonchev–Trinajstić information content (AvgIpc) is 2.64. The molecule has 0 spiro atoms. The van der Waals surface area contributed by atoms with Gasteiger partial charge in [-0.3, -0.25) is 4.79 Å². The Hall–Kier alpha value is -2.31. The number of halogens is 2. The van der Waals surface area contributed by atoms with Crippen molar-refractivity contribution in [2.75, 3.05) is 19.0 Å². The van der Waals surface area contributed by atoms with Crippen LogP contribution in [0, 0.1) is 11.7 Å². The number of hydrogen-bond donors (Lipinski definition) is 2. The number of methoxy groups -OCH3 is 1. The van der Waals surface area contributed by atoms with Crippen LogP contribution in [-0.2, 0) is 4.79 Å². The summed E-state index contributed by atoms with van der Waals surface area (Å²) in [4.78, 5) is 12.4. The molecule has 0 aromatic heterocycles. The summed E-state index contributed by atoms with van der Waals surface area (Å²) < 4.78 is 25.2. The lowest BCUT2D eigenvalue weighted by molar-refractivity contribution is -0.120. The Morgan fingerprint density at radius 2 is 1.93 bits per heavy atom. The summed E-state index contributed by atoms with van der Waals surface area (Å²) in [6.07, 6.45) is 1.57. The van der Waals surface area contributed by atoms with Crippen LogP contribution in [0.3, 0.4) is 0 Å². The molecule has 1 amide bonds. The fourth-order valence-corrected chi connectivity index (χ4v) is 3.10. The topological polar surface area (TPSA) is 59.6 Å². The number of carbonyl (C=O) groups excluding carboxylic acids is 1. The monoisotopic (exact) mass is 394 g/mol. The van der Waals surface area contributed by atoms with E-state index in [1.165, 1.54) is 19.2 Å². The van der Waals surface area contributed by atoms with Gasteiger partial charge in [0.05, 0.1) is 7.11 Å². The molecule has 1 fully saturated rings. The molecule has 1 saturated heterocycles. The van der Waals surface area contributed by atoms with Crippen LogP contribution in [0.4, 0.5) is 10.1 Å². The number of benzene rings is 2. The Morgan fingerprint density at radius 1 is 1.19 bits per heavy atom. The second kappa shape index (κ2) is 9.58. The van der Waals surface area contributed by atoms with Crippen LogP contribution in [0.1, 0.15) is 19.8 Å². The molecule has 0 radical (unpaired) electrons. The number of para-hydroxylation sites is 2. The van der Waals surface area contributed by atoms with Crippen molar-refractivity contribution in [3.05, 3.63) is 48.3 Å². The Kier molecular flexibility index (Phi) is 7.45. The lowest BCUT2D eigenvalue weighted by atomic mass is 9.92. The molecule has 1 aliphatic heterocycles. The Bertz CT molecular complexity index is 788. The first kappa shape index (κ1) is 21.0. The Labute approximate surface area is 164 Å². The van der Waals surface area contributed by atoms with Gasteiger partial charge in [-0.15, -0.1) is 12.4 Å². The third-order valence-corrected chi connectivity index (χ3v) is 4.48. The van der Waals surface area contributed by atoms with Crippen molar-refractivity contribution >= 4 is 24.0 Å². The van der Waals surface area contributed by atoms with Gasteiger partial charge in [0, 0.05) is 23.7 Å². The van der Waals surface area contributed by atoms with E-state index in [1.54, 1.807) is 24.3 Å². The summed E-state index contributed by atoms with van der Waals surface area (Å²) in [5, 5.41) is 6.11. The largest absolute Gasteiger partial charge is 0.493 e. The summed E-state index contributed by atoms with van der Waals surface area (Å²) in [7, 11) is 1.53. The van der Waals surface area contributed by atoms with Gasteiger partial charge in [0.2, 0.25) is 5.91 Å². The van der Waals surface area contributed by atoms with Gasteiger partial charge in [0.25, 0.3) is 0 Å². The lowest BCUT2D eigenvalue weighted by Crippen LogP contribution is -2.40. The maximum absolute atomic E-state index is 14.4. The van der Waals surface area contributed by atoms with E-state index in [1.807, 2.05) is 6.07 Å². The molecule has 0 aliphatic carbocycles. The predicted molar refractivity (Wildman–Crippen MR) is 106 cm³/mol. The van der Waals surface area contributed by atoms with Crippen LogP contribution in [0.5, 0.6) is 17.2 Å². The van der Waals surface area contributed by atoms with Gasteiger partial charge in [0.1, 0.15) is 0 Å².